The number of carbonyl (C=O) groups excluding carboxylic acids is 2. The molecule has 15 heavy (non-hydrogen) atoms. The molecule has 0 atom stereocenters. The van der Waals surface area contributed by atoms with Gasteiger partial charge >= 0.3 is 6.03 Å². The molecular formula is C9H10N4O2. The van der Waals surface area contributed by atoms with Crippen LogP contribution in [0.1, 0.15) is 6.42 Å². The molecule has 1 aromatic rings. The monoisotopic (exact) mass is 206 g/mol. The summed E-state index contributed by atoms with van der Waals surface area (Å²) in [5, 5.41) is 2.23. The summed E-state index contributed by atoms with van der Waals surface area (Å²) in [6, 6.07) is 1.21. The summed E-state index contributed by atoms with van der Waals surface area (Å²) in [6.07, 6.45) is 3.32. The third kappa shape index (κ3) is 1.88. The minimum Gasteiger partial charge on any atom is -0.397 e. The van der Waals surface area contributed by atoms with Crippen molar-refractivity contribution in [1.29, 1.82) is 0 Å². The summed E-state index contributed by atoms with van der Waals surface area (Å²) >= 11 is 0. The molecule has 6 heteroatoms. The van der Waals surface area contributed by atoms with Gasteiger partial charge in [-0.2, -0.15) is 0 Å². The molecule has 3 N–H and O–H groups in total. The lowest BCUT2D eigenvalue weighted by Gasteiger charge is -2.26. The second-order valence-corrected chi connectivity index (χ2v) is 3.23. The van der Waals surface area contributed by atoms with Crippen LogP contribution >= 0.6 is 0 Å². The molecule has 2 heterocycles. The number of carbonyl (C=O) groups is 2. The third-order valence-corrected chi connectivity index (χ3v) is 2.11. The Kier molecular flexibility index (Phi) is 2.24. The fraction of sp³-hybridized carbons (Fsp3) is 0.222. The van der Waals surface area contributed by atoms with Crippen LogP contribution < -0.4 is 16.0 Å². The minimum atomic E-state index is -0.432. The van der Waals surface area contributed by atoms with E-state index in [2.05, 4.69) is 10.3 Å². The molecule has 6 nitrogen and oxygen atoms in total. The molecule has 78 valence electrons. The first-order valence-corrected chi connectivity index (χ1v) is 4.49. The van der Waals surface area contributed by atoms with Crippen LogP contribution in [-0.4, -0.2) is 23.5 Å². The van der Waals surface area contributed by atoms with Gasteiger partial charge in [0.15, 0.2) is 0 Å². The Morgan fingerprint density at radius 2 is 2.20 bits per heavy atom. The van der Waals surface area contributed by atoms with Crippen LogP contribution in [0.3, 0.4) is 0 Å². The summed E-state index contributed by atoms with van der Waals surface area (Å²) in [6.45, 7) is 0.357. The Hall–Kier alpha value is -2.11. The Bertz CT molecular complexity index is 418. The highest BCUT2D eigenvalue weighted by atomic mass is 16.2. The normalized spacial score (nSPS) is 16.4. The summed E-state index contributed by atoms with van der Waals surface area (Å²) in [4.78, 5) is 27.7. The van der Waals surface area contributed by atoms with E-state index in [4.69, 9.17) is 5.73 Å². The molecule has 0 aromatic carbocycles. The molecule has 1 saturated heterocycles. The first-order valence-electron chi connectivity index (χ1n) is 4.49. The molecule has 0 aliphatic carbocycles. The van der Waals surface area contributed by atoms with Crippen molar-refractivity contribution in [2.45, 2.75) is 6.42 Å². The predicted molar refractivity (Wildman–Crippen MR) is 54.2 cm³/mol. The van der Waals surface area contributed by atoms with Gasteiger partial charge in [0.2, 0.25) is 5.91 Å². The van der Waals surface area contributed by atoms with Crippen molar-refractivity contribution in [2.75, 3.05) is 17.2 Å². The van der Waals surface area contributed by atoms with Crippen molar-refractivity contribution < 1.29 is 9.59 Å². The lowest BCUT2D eigenvalue weighted by atomic mass is 10.2. The van der Waals surface area contributed by atoms with Gasteiger partial charge in [-0.15, -0.1) is 0 Å². The van der Waals surface area contributed by atoms with E-state index in [0.717, 1.165) is 0 Å². The number of amides is 3. The molecule has 0 bridgehead atoms. The Morgan fingerprint density at radius 1 is 1.40 bits per heavy atom. The second-order valence-electron chi connectivity index (χ2n) is 3.23. The number of anilines is 2. The number of pyridine rings is 1. The molecule has 1 fully saturated rings. The number of nitrogens with zero attached hydrogens (tertiary/aromatic N) is 2. The second kappa shape index (κ2) is 3.56. The Labute approximate surface area is 86.1 Å². The zero-order chi connectivity index (χ0) is 10.8. The maximum absolute atomic E-state index is 11.4. The number of rotatable bonds is 1. The van der Waals surface area contributed by atoms with Gasteiger partial charge in [0, 0.05) is 19.2 Å². The van der Waals surface area contributed by atoms with Gasteiger partial charge in [-0.1, -0.05) is 0 Å². The van der Waals surface area contributed by atoms with E-state index in [-0.39, 0.29) is 5.91 Å². The summed E-state index contributed by atoms with van der Waals surface area (Å²) in [7, 11) is 0. The smallest absolute Gasteiger partial charge is 0.328 e. The van der Waals surface area contributed by atoms with Gasteiger partial charge in [-0.05, 0) is 6.07 Å². The van der Waals surface area contributed by atoms with Crippen LogP contribution in [0.15, 0.2) is 18.5 Å². The lowest BCUT2D eigenvalue weighted by Crippen LogP contribution is -2.49. The molecule has 0 saturated carbocycles. The maximum Gasteiger partial charge on any atom is 0.328 e. The maximum atomic E-state index is 11.4. The zero-order valence-corrected chi connectivity index (χ0v) is 7.93. The van der Waals surface area contributed by atoms with Gasteiger partial charge in [-0.25, -0.2) is 4.79 Å². The highest BCUT2D eigenvalue weighted by molar-refractivity contribution is 6.05. The van der Waals surface area contributed by atoms with E-state index >= 15 is 0 Å². The summed E-state index contributed by atoms with van der Waals surface area (Å²) < 4.78 is 0. The van der Waals surface area contributed by atoms with Gasteiger partial charge in [-0.3, -0.25) is 20.0 Å². The van der Waals surface area contributed by atoms with E-state index < -0.39 is 6.03 Å². The highest BCUT2D eigenvalue weighted by Gasteiger charge is 2.24. The van der Waals surface area contributed by atoms with Crippen LogP contribution in [-0.2, 0) is 4.79 Å². The van der Waals surface area contributed by atoms with E-state index in [1.807, 2.05) is 0 Å². The predicted octanol–water partition coefficient (Wildman–Crippen LogP) is 0.110. The molecule has 1 aromatic heterocycles. The highest BCUT2D eigenvalue weighted by Crippen LogP contribution is 2.17. The molecule has 3 amide bonds. The van der Waals surface area contributed by atoms with Crippen molar-refractivity contribution in [3.8, 4) is 0 Å². The number of hydrogen-bond donors (Lipinski definition) is 2. The van der Waals surface area contributed by atoms with Gasteiger partial charge in [0.25, 0.3) is 0 Å². The molecule has 0 radical (unpaired) electrons. The number of imide groups is 1. The number of nitrogen functional groups attached to an aromatic ring is 1. The van der Waals surface area contributed by atoms with Crippen molar-refractivity contribution in [2.24, 2.45) is 0 Å². The van der Waals surface area contributed by atoms with Crippen LogP contribution in [0.25, 0.3) is 0 Å². The van der Waals surface area contributed by atoms with E-state index in [1.54, 1.807) is 6.07 Å². The summed E-state index contributed by atoms with van der Waals surface area (Å²) in [5.41, 5.74) is 6.63. The zero-order valence-electron chi connectivity index (χ0n) is 7.93. The van der Waals surface area contributed by atoms with Crippen LogP contribution in [0.5, 0.6) is 0 Å². The number of nitrogens with two attached hydrogens (primary N) is 1. The molecular weight excluding hydrogens is 196 g/mol. The van der Waals surface area contributed by atoms with Crippen LogP contribution in [0.2, 0.25) is 0 Å². The van der Waals surface area contributed by atoms with Gasteiger partial charge in [0.05, 0.1) is 17.6 Å². The van der Waals surface area contributed by atoms with Crippen LogP contribution in [0, 0.1) is 0 Å². The fourth-order valence-electron chi connectivity index (χ4n) is 1.40. The Balaban J connectivity index is 2.24. The fourth-order valence-corrected chi connectivity index (χ4v) is 1.40. The Morgan fingerprint density at radius 3 is 2.87 bits per heavy atom. The van der Waals surface area contributed by atoms with Crippen molar-refractivity contribution in [3.05, 3.63) is 18.5 Å². The van der Waals surface area contributed by atoms with Gasteiger partial charge in [0.1, 0.15) is 0 Å². The topological polar surface area (TPSA) is 88.3 Å². The first-order chi connectivity index (χ1) is 7.16. The van der Waals surface area contributed by atoms with E-state index in [1.165, 1.54) is 17.3 Å². The largest absolute Gasteiger partial charge is 0.397 e. The van der Waals surface area contributed by atoms with Crippen molar-refractivity contribution in [1.82, 2.24) is 10.3 Å². The van der Waals surface area contributed by atoms with Gasteiger partial charge < -0.3 is 5.73 Å². The SMILES string of the molecule is Nc1cncc(N2CCC(=O)NC2=O)c1. The molecule has 2 rings (SSSR count). The third-order valence-electron chi connectivity index (χ3n) is 2.11. The van der Waals surface area contributed by atoms with E-state index in [9.17, 15) is 9.59 Å². The quantitative estimate of drug-likeness (QED) is 0.682. The standard InChI is InChI=1S/C9H10N4O2/c10-6-3-7(5-11-4-6)13-2-1-8(14)12-9(13)15/h3-5H,1-2,10H2,(H,12,14,15). The molecule has 0 spiro atoms. The average molecular weight is 206 g/mol. The molecule has 1 aliphatic rings. The number of aromatic nitrogens is 1. The number of urea groups is 1. The van der Waals surface area contributed by atoms with E-state index in [0.29, 0.717) is 24.3 Å². The molecule has 1 aliphatic heterocycles. The number of nitrogens with one attached hydrogen (secondary N) is 1. The lowest BCUT2D eigenvalue weighted by molar-refractivity contribution is -0.120. The molecule has 0 unspecified atom stereocenters. The first kappa shape index (κ1) is 9.45. The van der Waals surface area contributed by atoms with Crippen molar-refractivity contribution >= 4 is 23.3 Å². The number of hydrogen-bond acceptors (Lipinski definition) is 4. The minimum absolute atomic E-state index is 0.256. The van der Waals surface area contributed by atoms with Crippen LogP contribution in [0.4, 0.5) is 16.2 Å². The van der Waals surface area contributed by atoms with Crippen molar-refractivity contribution in [3.63, 3.8) is 0 Å². The summed E-state index contributed by atoms with van der Waals surface area (Å²) in [5.74, 6) is -0.256. The average Bonchev–Trinajstić information content (AvgIpc) is 2.17.